The van der Waals surface area contributed by atoms with Crippen LogP contribution in [0.5, 0.6) is 0 Å². The van der Waals surface area contributed by atoms with Gasteiger partial charge in [-0.2, -0.15) is 0 Å². The van der Waals surface area contributed by atoms with Gasteiger partial charge in [0.2, 0.25) is 0 Å². The number of hydrogen-bond acceptors (Lipinski definition) is 3. The van der Waals surface area contributed by atoms with E-state index in [1.165, 1.54) is 12.1 Å². The number of nitrogens with zero attached hydrogens (tertiary/aromatic N) is 2. The molecule has 0 bridgehead atoms. The SMILES string of the molecule is CC1(C)CCCN1c1ccc(F)cc1C(N)=NO. The monoisotopic (exact) mass is 251 g/mol. The number of halogens is 1. The van der Waals surface area contributed by atoms with Crippen molar-refractivity contribution in [1.82, 2.24) is 0 Å². The summed E-state index contributed by atoms with van der Waals surface area (Å²) in [6, 6.07) is 4.40. The zero-order valence-electron chi connectivity index (χ0n) is 10.7. The molecule has 0 amide bonds. The van der Waals surface area contributed by atoms with Crippen LogP contribution in [0.25, 0.3) is 0 Å². The van der Waals surface area contributed by atoms with Crippen LogP contribution in [0.2, 0.25) is 0 Å². The third kappa shape index (κ3) is 2.12. The molecule has 0 aliphatic carbocycles. The summed E-state index contributed by atoms with van der Waals surface area (Å²) in [4.78, 5) is 2.18. The zero-order chi connectivity index (χ0) is 13.3. The van der Waals surface area contributed by atoms with E-state index in [0.29, 0.717) is 5.56 Å². The Bertz CT molecular complexity index is 485. The van der Waals surface area contributed by atoms with Gasteiger partial charge in [0.25, 0.3) is 0 Å². The molecule has 0 saturated carbocycles. The van der Waals surface area contributed by atoms with E-state index in [1.54, 1.807) is 6.07 Å². The summed E-state index contributed by atoms with van der Waals surface area (Å²) in [5.41, 5.74) is 6.88. The fourth-order valence-electron chi connectivity index (χ4n) is 2.56. The molecule has 5 heteroatoms. The molecule has 0 radical (unpaired) electrons. The second-order valence-corrected chi connectivity index (χ2v) is 5.21. The first-order chi connectivity index (χ1) is 8.45. The molecule has 0 spiro atoms. The minimum atomic E-state index is -0.391. The average molecular weight is 251 g/mol. The number of hydrogen-bond donors (Lipinski definition) is 2. The molecule has 2 rings (SSSR count). The third-order valence-electron chi connectivity index (χ3n) is 3.53. The molecule has 98 valence electrons. The van der Waals surface area contributed by atoms with Gasteiger partial charge >= 0.3 is 0 Å². The predicted octanol–water partition coefficient (Wildman–Crippen LogP) is 2.30. The van der Waals surface area contributed by atoms with Crippen LogP contribution in [0.1, 0.15) is 32.3 Å². The highest BCUT2D eigenvalue weighted by Gasteiger charge is 2.33. The van der Waals surface area contributed by atoms with Crippen molar-refractivity contribution in [1.29, 1.82) is 0 Å². The summed E-state index contributed by atoms with van der Waals surface area (Å²) < 4.78 is 13.3. The Balaban J connectivity index is 2.51. The third-order valence-corrected chi connectivity index (χ3v) is 3.53. The van der Waals surface area contributed by atoms with Crippen LogP contribution in [-0.4, -0.2) is 23.1 Å². The van der Waals surface area contributed by atoms with Crippen LogP contribution in [0.15, 0.2) is 23.4 Å². The summed E-state index contributed by atoms with van der Waals surface area (Å²) >= 11 is 0. The average Bonchev–Trinajstić information content (AvgIpc) is 2.68. The minimum Gasteiger partial charge on any atom is -0.409 e. The highest BCUT2D eigenvalue weighted by molar-refractivity contribution is 6.02. The molecule has 1 aromatic rings. The van der Waals surface area contributed by atoms with Gasteiger partial charge in [0.05, 0.1) is 0 Å². The Morgan fingerprint density at radius 2 is 2.22 bits per heavy atom. The first-order valence-electron chi connectivity index (χ1n) is 6.01. The maximum Gasteiger partial charge on any atom is 0.172 e. The predicted molar refractivity (Wildman–Crippen MR) is 69.6 cm³/mol. The molecule has 4 nitrogen and oxygen atoms in total. The lowest BCUT2D eigenvalue weighted by Crippen LogP contribution is -2.39. The van der Waals surface area contributed by atoms with E-state index in [1.807, 2.05) is 0 Å². The van der Waals surface area contributed by atoms with Gasteiger partial charge in [-0.05, 0) is 44.9 Å². The molecule has 0 unspecified atom stereocenters. The molecule has 1 aliphatic rings. The first kappa shape index (κ1) is 12.7. The lowest BCUT2D eigenvalue weighted by atomic mass is 10.0. The standard InChI is InChI=1S/C13H18FN3O/c1-13(2)6-3-7-17(13)11-5-4-9(14)8-10(11)12(15)16-18/h4-5,8,18H,3,6-7H2,1-2H3,(H2,15,16). The quantitative estimate of drug-likeness (QED) is 0.367. The largest absolute Gasteiger partial charge is 0.409 e. The van der Waals surface area contributed by atoms with Crippen LogP contribution in [0, 0.1) is 5.82 Å². The van der Waals surface area contributed by atoms with E-state index in [2.05, 4.69) is 23.9 Å². The number of rotatable bonds is 2. The van der Waals surface area contributed by atoms with E-state index in [0.717, 1.165) is 25.1 Å². The summed E-state index contributed by atoms with van der Waals surface area (Å²) in [5, 5.41) is 11.8. The minimum absolute atomic E-state index is 0.00230. The molecule has 0 aromatic heterocycles. The summed E-state index contributed by atoms with van der Waals surface area (Å²) in [5.74, 6) is -0.454. The highest BCUT2D eigenvalue weighted by Crippen LogP contribution is 2.35. The molecule has 1 fully saturated rings. The molecule has 1 aliphatic heterocycles. The van der Waals surface area contributed by atoms with Crippen LogP contribution < -0.4 is 10.6 Å². The van der Waals surface area contributed by atoms with Crippen molar-refractivity contribution in [3.8, 4) is 0 Å². The van der Waals surface area contributed by atoms with Crippen LogP contribution >= 0.6 is 0 Å². The van der Waals surface area contributed by atoms with Crippen molar-refractivity contribution in [3.05, 3.63) is 29.6 Å². The second-order valence-electron chi connectivity index (χ2n) is 5.21. The van der Waals surface area contributed by atoms with Crippen molar-refractivity contribution >= 4 is 11.5 Å². The number of oxime groups is 1. The van der Waals surface area contributed by atoms with E-state index >= 15 is 0 Å². The topological polar surface area (TPSA) is 61.8 Å². The second kappa shape index (κ2) is 4.48. The fourth-order valence-corrected chi connectivity index (χ4v) is 2.56. The van der Waals surface area contributed by atoms with Crippen molar-refractivity contribution in [2.24, 2.45) is 10.9 Å². The number of amidine groups is 1. The molecular weight excluding hydrogens is 233 g/mol. The van der Waals surface area contributed by atoms with E-state index < -0.39 is 5.82 Å². The first-order valence-corrected chi connectivity index (χ1v) is 6.01. The van der Waals surface area contributed by atoms with Gasteiger partial charge in [0.1, 0.15) is 5.82 Å². The van der Waals surface area contributed by atoms with Crippen molar-refractivity contribution < 1.29 is 9.60 Å². The summed E-state index contributed by atoms with van der Waals surface area (Å²) in [6.07, 6.45) is 2.15. The van der Waals surface area contributed by atoms with Crippen molar-refractivity contribution in [2.45, 2.75) is 32.2 Å². The number of nitrogens with two attached hydrogens (primary N) is 1. The molecular formula is C13H18FN3O. The van der Waals surface area contributed by atoms with Gasteiger partial charge in [0, 0.05) is 23.3 Å². The Hall–Kier alpha value is -1.78. The van der Waals surface area contributed by atoms with Crippen LogP contribution in [-0.2, 0) is 0 Å². The maximum absolute atomic E-state index is 13.3. The highest BCUT2D eigenvalue weighted by atomic mass is 19.1. The molecule has 18 heavy (non-hydrogen) atoms. The van der Waals surface area contributed by atoms with Crippen molar-refractivity contribution in [3.63, 3.8) is 0 Å². The Morgan fingerprint density at radius 3 is 2.78 bits per heavy atom. The lowest BCUT2D eigenvalue weighted by molar-refractivity contribution is 0.318. The molecule has 0 atom stereocenters. The van der Waals surface area contributed by atoms with Crippen molar-refractivity contribution in [2.75, 3.05) is 11.4 Å². The van der Waals surface area contributed by atoms with Gasteiger partial charge in [0.15, 0.2) is 5.84 Å². The zero-order valence-corrected chi connectivity index (χ0v) is 10.7. The van der Waals surface area contributed by atoms with E-state index in [4.69, 9.17) is 10.9 Å². The van der Waals surface area contributed by atoms with E-state index in [9.17, 15) is 4.39 Å². The lowest BCUT2D eigenvalue weighted by Gasteiger charge is -2.35. The van der Waals surface area contributed by atoms with Crippen LogP contribution in [0.4, 0.5) is 10.1 Å². The number of benzene rings is 1. The normalized spacial score (nSPS) is 19.3. The maximum atomic E-state index is 13.3. The van der Waals surface area contributed by atoms with Gasteiger partial charge < -0.3 is 15.8 Å². The smallest absolute Gasteiger partial charge is 0.172 e. The Labute approximate surface area is 106 Å². The molecule has 1 saturated heterocycles. The molecule has 1 heterocycles. The fraction of sp³-hybridized carbons (Fsp3) is 0.462. The van der Waals surface area contributed by atoms with E-state index in [-0.39, 0.29) is 11.4 Å². The number of anilines is 1. The van der Waals surface area contributed by atoms with Gasteiger partial charge in [-0.25, -0.2) is 4.39 Å². The Kier molecular flexibility index (Phi) is 3.15. The summed E-state index contributed by atoms with van der Waals surface area (Å²) in [7, 11) is 0. The van der Waals surface area contributed by atoms with Gasteiger partial charge in [-0.3, -0.25) is 0 Å². The molecule has 1 aromatic carbocycles. The Morgan fingerprint density at radius 1 is 1.50 bits per heavy atom. The van der Waals surface area contributed by atoms with Crippen LogP contribution in [0.3, 0.4) is 0 Å². The summed E-state index contributed by atoms with van der Waals surface area (Å²) in [6.45, 7) is 5.17. The van der Waals surface area contributed by atoms with Gasteiger partial charge in [-0.15, -0.1) is 0 Å². The van der Waals surface area contributed by atoms with Gasteiger partial charge in [-0.1, -0.05) is 5.16 Å². The molecule has 3 N–H and O–H groups in total.